The molecule has 0 aromatic heterocycles. The van der Waals surface area contributed by atoms with Crippen LogP contribution in [-0.2, 0) is 14.3 Å². The number of morpholine rings is 1. The molecule has 4 nitrogen and oxygen atoms in total. The number of rotatable bonds is 4. The maximum Gasteiger partial charge on any atom is 0.315 e. The highest BCUT2D eigenvalue weighted by Gasteiger charge is 2.13. The molecule has 1 N–H and O–H groups in total. The third-order valence-electron chi connectivity index (χ3n) is 1.76. The lowest BCUT2D eigenvalue weighted by Gasteiger charge is -2.22. The monoisotopic (exact) mass is 205 g/mol. The quantitative estimate of drug-likeness (QED) is 0.648. The zero-order valence-electron chi connectivity index (χ0n) is 7.75. The second-order valence-corrected chi connectivity index (χ2v) is 3.82. The molecule has 1 atom stereocenters. The van der Waals surface area contributed by atoms with Gasteiger partial charge in [-0.3, -0.25) is 4.79 Å². The number of nitrogens with one attached hydrogen (secondary N) is 1. The van der Waals surface area contributed by atoms with E-state index in [1.807, 2.05) is 0 Å². The van der Waals surface area contributed by atoms with Crippen LogP contribution in [0.4, 0.5) is 0 Å². The Bertz CT molecular complexity index is 159. The van der Waals surface area contributed by atoms with Crippen molar-refractivity contribution in [2.45, 2.75) is 6.10 Å². The van der Waals surface area contributed by atoms with Crippen LogP contribution in [0.3, 0.4) is 0 Å². The molecule has 1 heterocycles. The van der Waals surface area contributed by atoms with Crippen molar-refractivity contribution in [3.8, 4) is 0 Å². The molecule has 0 radical (unpaired) electrons. The summed E-state index contributed by atoms with van der Waals surface area (Å²) in [7, 11) is 1.40. The van der Waals surface area contributed by atoms with Gasteiger partial charge in [0.15, 0.2) is 0 Å². The number of methoxy groups -OCH3 is 1. The van der Waals surface area contributed by atoms with Crippen LogP contribution in [0.1, 0.15) is 0 Å². The molecule has 1 unspecified atom stereocenters. The molecular formula is C8H15NO3S. The molecule has 0 aliphatic carbocycles. The van der Waals surface area contributed by atoms with Crippen LogP contribution < -0.4 is 5.32 Å². The number of carbonyl (C=O) groups excluding carboxylic acids is 1. The predicted octanol–water partition coefficient (Wildman–Crippen LogP) is -0.119. The third kappa shape index (κ3) is 4.50. The summed E-state index contributed by atoms with van der Waals surface area (Å²) in [5.41, 5.74) is 0. The summed E-state index contributed by atoms with van der Waals surface area (Å²) in [6.07, 6.45) is 0.239. The van der Waals surface area contributed by atoms with E-state index in [9.17, 15) is 4.79 Å². The average molecular weight is 205 g/mol. The molecule has 1 saturated heterocycles. The van der Waals surface area contributed by atoms with Crippen molar-refractivity contribution in [3.63, 3.8) is 0 Å². The van der Waals surface area contributed by atoms with E-state index in [2.05, 4.69) is 10.1 Å². The second kappa shape index (κ2) is 6.23. The van der Waals surface area contributed by atoms with E-state index in [-0.39, 0.29) is 12.1 Å². The average Bonchev–Trinajstić information content (AvgIpc) is 2.19. The first kappa shape index (κ1) is 10.8. The Balaban J connectivity index is 2.01. The summed E-state index contributed by atoms with van der Waals surface area (Å²) < 4.78 is 9.98. The van der Waals surface area contributed by atoms with E-state index in [4.69, 9.17) is 4.74 Å². The minimum atomic E-state index is -0.172. The highest BCUT2D eigenvalue weighted by molar-refractivity contribution is 7.99. The first-order valence-corrected chi connectivity index (χ1v) is 5.45. The van der Waals surface area contributed by atoms with Gasteiger partial charge in [-0.05, 0) is 0 Å². The van der Waals surface area contributed by atoms with Gasteiger partial charge in [0.05, 0.1) is 25.6 Å². The first-order valence-electron chi connectivity index (χ1n) is 4.30. The number of hydrogen-bond donors (Lipinski definition) is 1. The molecular weight excluding hydrogens is 190 g/mol. The van der Waals surface area contributed by atoms with Gasteiger partial charge >= 0.3 is 5.97 Å². The molecule has 1 fully saturated rings. The van der Waals surface area contributed by atoms with Crippen LogP contribution >= 0.6 is 11.8 Å². The van der Waals surface area contributed by atoms with Crippen molar-refractivity contribution < 1.29 is 14.3 Å². The Labute approximate surface area is 82.3 Å². The molecule has 1 aliphatic heterocycles. The Morgan fingerprint density at radius 3 is 3.23 bits per heavy atom. The minimum Gasteiger partial charge on any atom is -0.468 e. The molecule has 13 heavy (non-hydrogen) atoms. The topological polar surface area (TPSA) is 47.6 Å². The van der Waals surface area contributed by atoms with Crippen molar-refractivity contribution in [3.05, 3.63) is 0 Å². The van der Waals surface area contributed by atoms with Gasteiger partial charge in [-0.25, -0.2) is 0 Å². The summed E-state index contributed by atoms with van der Waals surface area (Å²) >= 11 is 1.55. The molecule has 0 aromatic carbocycles. The summed E-state index contributed by atoms with van der Waals surface area (Å²) in [5.74, 6) is 1.09. The fourth-order valence-electron chi connectivity index (χ4n) is 1.06. The van der Waals surface area contributed by atoms with Gasteiger partial charge in [0.1, 0.15) is 0 Å². The van der Waals surface area contributed by atoms with Gasteiger partial charge in [-0.2, -0.15) is 0 Å². The fraction of sp³-hybridized carbons (Fsp3) is 0.875. The minimum absolute atomic E-state index is 0.172. The Morgan fingerprint density at radius 2 is 2.62 bits per heavy atom. The van der Waals surface area contributed by atoms with Gasteiger partial charge in [0.2, 0.25) is 0 Å². The highest BCUT2D eigenvalue weighted by atomic mass is 32.2. The summed E-state index contributed by atoms with van der Waals surface area (Å²) in [6, 6.07) is 0. The molecule has 1 aliphatic rings. The van der Waals surface area contributed by atoms with E-state index in [0.717, 1.165) is 25.4 Å². The maximum absolute atomic E-state index is 10.8. The smallest absolute Gasteiger partial charge is 0.315 e. The zero-order chi connectivity index (χ0) is 9.52. The van der Waals surface area contributed by atoms with Gasteiger partial charge in [-0.1, -0.05) is 0 Å². The van der Waals surface area contributed by atoms with Crippen LogP contribution in [0, 0.1) is 0 Å². The van der Waals surface area contributed by atoms with Crippen LogP contribution in [0.5, 0.6) is 0 Å². The van der Waals surface area contributed by atoms with E-state index in [0.29, 0.717) is 5.75 Å². The largest absolute Gasteiger partial charge is 0.468 e. The van der Waals surface area contributed by atoms with Crippen molar-refractivity contribution in [1.82, 2.24) is 5.32 Å². The lowest BCUT2D eigenvalue weighted by molar-refractivity contribution is -0.137. The normalized spacial score (nSPS) is 22.7. The van der Waals surface area contributed by atoms with Crippen LogP contribution in [0.15, 0.2) is 0 Å². The number of esters is 1. The van der Waals surface area contributed by atoms with Crippen LogP contribution in [-0.4, -0.2) is 50.4 Å². The van der Waals surface area contributed by atoms with Crippen molar-refractivity contribution in [2.24, 2.45) is 0 Å². The van der Waals surface area contributed by atoms with Crippen molar-refractivity contribution in [1.29, 1.82) is 0 Å². The van der Waals surface area contributed by atoms with Gasteiger partial charge in [0, 0.05) is 18.8 Å². The lowest BCUT2D eigenvalue weighted by atomic mass is 10.3. The van der Waals surface area contributed by atoms with Crippen molar-refractivity contribution >= 4 is 17.7 Å². The second-order valence-electron chi connectivity index (χ2n) is 2.79. The van der Waals surface area contributed by atoms with Crippen LogP contribution in [0.2, 0.25) is 0 Å². The summed E-state index contributed by atoms with van der Waals surface area (Å²) in [5, 5.41) is 3.23. The number of hydrogen-bond acceptors (Lipinski definition) is 5. The SMILES string of the molecule is COC(=O)CSCC1CNCCO1. The Morgan fingerprint density at radius 1 is 1.77 bits per heavy atom. The van der Waals surface area contributed by atoms with E-state index in [1.165, 1.54) is 7.11 Å². The van der Waals surface area contributed by atoms with Gasteiger partial charge < -0.3 is 14.8 Å². The van der Waals surface area contributed by atoms with E-state index >= 15 is 0 Å². The van der Waals surface area contributed by atoms with Gasteiger partial charge in [0.25, 0.3) is 0 Å². The Kier molecular flexibility index (Phi) is 5.19. The number of ether oxygens (including phenoxy) is 2. The number of carbonyl (C=O) groups is 1. The van der Waals surface area contributed by atoms with Gasteiger partial charge in [-0.15, -0.1) is 11.8 Å². The molecule has 5 heteroatoms. The molecule has 0 saturated carbocycles. The van der Waals surface area contributed by atoms with Crippen molar-refractivity contribution in [2.75, 3.05) is 38.3 Å². The highest BCUT2D eigenvalue weighted by Crippen LogP contribution is 2.07. The molecule has 0 amide bonds. The summed E-state index contributed by atoms with van der Waals surface area (Å²) in [6.45, 7) is 2.58. The molecule has 0 spiro atoms. The van der Waals surface area contributed by atoms with E-state index in [1.54, 1.807) is 11.8 Å². The molecule has 0 aromatic rings. The molecule has 76 valence electrons. The van der Waals surface area contributed by atoms with Crippen LogP contribution in [0.25, 0.3) is 0 Å². The maximum atomic E-state index is 10.8. The molecule has 0 bridgehead atoms. The molecule has 1 rings (SSSR count). The number of thioether (sulfide) groups is 1. The third-order valence-corrected chi connectivity index (χ3v) is 2.80. The lowest BCUT2D eigenvalue weighted by Crippen LogP contribution is -2.39. The predicted molar refractivity (Wildman–Crippen MR) is 52.0 cm³/mol. The first-order chi connectivity index (χ1) is 6.33. The van der Waals surface area contributed by atoms with E-state index < -0.39 is 0 Å². The standard InChI is InChI=1S/C8H15NO3S/c1-11-8(10)6-13-5-7-4-9-2-3-12-7/h7,9H,2-6H2,1H3. The fourth-order valence-corrected chi connectivity index (χ4v) is 1.94. The Hall–Kier alpha value is -0.260. The zero-order valence-corrected chi connectivity index (χ0v) is 8.56. The summed E-state index contributed by atoms with van der Waals surface area (Å²) in [4.78, 5) is 10.8.